The van der Waals surface area contributed by atoms with E-state index in [1.54, 1.807) is 0 Å². The van der Waals surface area contributed by atoms with Crippen LogP contribution in [-0.4, -0.2) is 24.9 Å². The lowest BCUT2D eigenvalue weighted by Crippen LogP contribution is -2.34. The Morgan fingerprint density at radius 2 is 2.05 bits per heavy atom. The smallest absolute Gasteiger partial charge is 0.0731 e. The molecule has 114 valence electrons. The predicted molar refractivity (Wildman–Crippen MR) is 84.3 cm³/mol. The van der Waals surface area contributed by atoms with Crippen LogP contribution in [0.25, 0.3) is 0 Å². The van der Waals surface area contributed by atoms with Gasteiger partial charge in [0.15, 0.2) is 0 Å². The molecule has 1 aromatic heterocycles. The van der Waals surface area contributed by atoms with Gasteiger partial charge in [-0.1, -0.05) is 0 Å². The molecular weight excluding hydrogens is 270 g/mol. The molecule has 1 aromatic rings. The number of aryl methyl sites for hydroxylation is 1. The van der Waals surface area contributed by atoms with E-state index in [-0.39, 0.29) is 5.54 Å². The fraction of sp³-hybridized carbons (Fsp3) is 0.750. The van der Waals surface area contributed by atoms with Gasteiger partial charge >= 0.3 is 0 Å². The molecule has 3 nitrogen and oxygen atoms in total. The summed E-state index contributed by atoms with van der Waals surface area (Å²) in [6.45, 7) is 12.1. The average Bonchev–Trinajstić information content (AvgIpc) is 2.75. The van der Waals surface area contributed by atoms with E-state index in [0.29, 0.717) is 6.10 Å². The summed E-state index contributed by atoms with van der Waals surface area (Å²) in [5, 5.41) is 3.54. The molecule has 1 saturated heterocycles. The van der Waals surface area contributed by atoms with Crippen molar-refractivity contribution in [2.24, 2.45) is 0 Å². The standard InChI is InChI=1S/C16H27NO2S/c1-12-13(11-19-14-5-7-18-8-6-14)9-15(20-12)10-17-16(2,3)4/h9,14,17H,5-8,10-11H2,1-4H3. The molecular formula is C16H27NO2S. The number of hydrogen-bond donors (Lipinski definition) is 1. The number of ether oxygens (including phenoxy) is 2. The van der Waals surface area contributed by atoms with E-state index >= 15 is 0 Å². The molecule has 2 heterocycles. The Balaban J connectivity index is 1.83. The monoisotopic (exact) mass is 297 g/mol. The van der Waals surface area contributed by atoms with Gasteiger partial charge in [0.1, 0.15) is 0 Å². The van der Waals surface area contributed by atoms with E-state index in [1.165, 1.54) is 15.3 Å². The molecule has 0 radical (unpaired) electrons. The van der Waals surface area contributed by atoms with E-state index in [0.717, 1.165) is 39.2 Å². The van der Waals surface area contributed by atoms with Crippen LogP contribution in [0.2, 0.25) is 0 Å². The highest BCUT2D eigenvalue weighted by Gasteiger charge is 2.16. The second-order valence-electron chi connectivity index (χ2n) is 6.52. The van der Waals surface area contributed by atoms with Gasteiger partial charge in [-0.15, -0.1) is 11.3 Å². The van der Waals surface area contributed by atoms with Crippen LogP contribution in [-0.2, 0) is 22.6 Å². The summed E-state index contributed by atoms with van der Waals surface area (Å²) in [6, 6.07) is 2.29. The molecule has 0 saturated carbocycles. The Labute approximate surface area is 126 Å². The third-order valence-corrected chi connectivity index (χ3v) is 4.60. The molecule has 0 bridgehead atoms. The van der Waals surface area contributed by atoms with Crippen LogP contribution in [0.1, 0.15) is 48.9 Å². The van der Waals surface area contributed by atoms with Crippen molar-refractivity contribution < 1.29 is 9.47 Å². The summed E-state index contributed by atoms with van der Waals surface area (Å²) in [7, 11) is 0. The molecule has 1 aliphatic heterocycles. The first-order valence-electron chi connectivity index (χ1n) is 7.46. The van der Waals surface area contributed by atoms with Crippen molar-refractivity contribution in [2.75, 3.05) is 13.2 Å². The van der Waals surface area contributed by atoms with Crippen molar-refractivity contribution in [3.05, 3.63) is 21.4 Å². The summed E-state index contributed by atoms with van der Waals surface area (Å²) >= 11 is 1.87. The zero-order valence-corrected chi connectivity index (χ0v) is 13.9. The summed E-state index contributed by atoms with van der Waals surface area (Å²) in [6.07, 6.45) is 2.43. The number of rotatable bonds is 5. The lowest BCUT2D eigenvalue weighted by atomic mass is 10.1. The topological polar surface area (TPSA) is 30.5 Å². The van der Waals surface area contributed by atoms with Crippen LogP contribution in [0.4, 0.5) is 0 Å². The highest BCUT2D eigenvalue weighted by Crippen LogP contribution is 2.24. The molecule has 4 heteroatoms. The van der Waals surface area contributed by atoms with E-state index in [9.17, 15) is 0 Å². The largest absolute Gasteiger partial charge is 0.381 e. The number of hydrogen-bond acceptors (Lipinski definition) is 4. The zero-order chi connectivity index (χ0) is 14.6. The number of nitrogens with one attached hydrogen (secondary N) is 1. The van der Waals surface area contributed by atoms with E-state index < -0.39 is 0 Å². The van der Waals surface area contributed by atoms with Crippen LogP contribution in [0.3, 0.4) is 0 Å². The molecule has 1 aliphatic rings. The van der Waals surface area contributed by atoms with Crippen LogP contribution in [0.15, 0.2) is 6.07 Å². The van der Waals surface area contributed by atoms with Gasteiger partial charge in [0, 0.05) is 35.1 Å². The molecule has 1 N–H and O–H groups in total. The fourth-order valence-corrected chi connectivity index (χ4v) is 3.21. The first kappa shape index (κ1) is 16.0. The SMILES string of the molecule is Cc1sc(CNC(C)(C)C)cc1COC1CCOCC1. The van der Waals surface area contributed by atoms with Gasteiger partial charge in [0.05, 0.1) is 12.7 Å². The van der Waals surface area contributed by atoms with Crippen molar-refractivity contribution in [3.8, 4) is 0 Å². The third kappa shape index (κ3) is 5.17. The maximum atomic E-state index is 6.01. The fourth-order valence-electron chi connectivity index (χ4n) is 2.22. The quantitative estimate of drug-likeness (QED) is 0.900. The highest BCUT2D eigenvalue weighted by atomic mass is 32.1. The summed E-state index contributed by atoms with van der Waals surface area (Å²) in [5.41, 5.74) is 1.50. The average molecular weight is 297 g/mol. The van der Waals surface area contributed by atoms with Crippen LogP contribution >= 0.6 is 11.3 Å². The molecule has 20 heavy (non-hydrogen) atoms. The Morgan fingerprint density at radius 3 is 2.70 bits per heavy atom. The summed E-state index contributed by atoms with van der Waals surface area (Å²) in [4.78, 5) is 2.77. The van der Waals surface area contributed by atoms with E-state index in [4.69, 9.17) is 9.47 Å². The molecule has 1 fully saturated rings. The van der Waals surface area contributed by atoms with Gasteiger partial charge in [-0.05, 0) is 52.2 Å². The van der Waals surface area contributed by atoms with Gasteiger partial charge in [0.25, 0.3) is 0 Å². The normalized spacial score (nSPS) is 17.6. The first-order valence-corrected chi connectivity index (χ1v) is 8.28. The predicted octanol–water partition coefficient (Wildman–Crippen LogP) is 3.64. The van der Waals surface area contributed by atoms with Crippen molar-refractivity contribution in [3.63, 3.8) is 0 Å². The van der Waals surface area contributed by atoms with Gasteiger partial charge in [-0.25, -0.2) is 0 Å². The molecule has 0 spiro atoms. The van der Waals surface area contributed by atoms with E-state index in [1.807, 2.05) is 11.3 Å². The Hall–Kier alpha value is -0.420. The maximum absolute atomic E-state index is 6.01. The molecule has 0 amide bonds. The molecule has 0 atom stereocenters. The maximum Gasteiger partial charge on any atom is 0.0731 e. The van der Waals surface area contributed by atoms with Crippen molar-refractivity contribution in [1.82, 2.24) is 5.32 Å². The minimum atomic E-state index is 0.163. The first-order chi connectivity index (χ1) is 9.44. The summed E-state index contributed by atoms with van der Waals surface area (Å²) in [5.74, 6) is 0. The van der Waals surface area contributed by atoms with Crippen LogP contribution < -0.4 is 5.32 Å². The molecule has 0 unspecified atom stereocenters. The molecule has 0 aliphatic carbocycles. The van der Waals surface area contributed by atoms with Crippen molar-refractivity contribution >= 4 is 11.3 Å². The van der Waals surface area contributed by atoms with Crippen molar-refractivity contribution in [2.45, 2.75) is 65.3 Å². The lowest BCUT2D eigenvalue weighted by molar-refractivity contribution is -0.0390. The van der Waals surface area contributed by atoms with Gasteiger partial charge in [0.2, 0.25) is 0 Å². The summed E-state index contributed by atoms with van der Waals surface area (Å²) < 4.78 is 11.4. The Morgan fingerprint density at radius 1 is 1.35 bits per heavy atom. The minimum absolute atomic E-state index is 0.163. The second-order valence-corrected chi connectivity index (χ2v) is 7.86. The van der Waals surface area contributed by atoms with Crippen molar-refractivity contribution in [1.29, 1.82) is 0 Å². The molecule has 0 aromatic carbocycles. The molecule has 2 rings (SSSR count). The Bertz CT molecular complexity index is 417. The minimum Gasteiger partial charge on any atom is -0.381 e. The number of thiophene rings is 1. The Kier molecular flexibility index (Phi) is 5.61. The van der Waals surface area contributed by atoms with Crippen LogP contribution in [0, 0.1) is 6.92 Å². The second kappa shape index (κ2) is 7.03. The lowest BCUT2D eigenvalue weighted by Gasteiger charge is -2.22. The third-order valence-electron chi connectivity index (χ3n) is 3.51. The van der Waals surface area contributed by atoms with Gasteiger partial charge < -0.3 is 14.8 Å². The van der Waals surface area contributed by atoms with Gasteiger partial charge in [-0.3, -0.25) is 0 Å². The van der Waals surface area contributed by atoms with Gasteiger partial charge in [-0.2, -0.15) is 0 Å². The van der Waals surface area contributed by atoms with E-state index in [2.05, 4.69) is 39.1 Å². The highest BCUT2D eigenvalue weighted by molar-refractivity contribution is 7.12. The zero-order valence-electron chi connectivity index (χ0n) is 13.1. The van der Waals surface area contributed by atoms with Crippen LogP contribution in [0.5, 0.6) is 0 Å².